The molecule has 2 rings (SSSR count). The number of ether oxygens (including phenoxy) is 1. The van der Waals surface area contributed by atoms with Crippen LogP contribution in [0.1, 0.15) is 49.0 Å². The van der Waals surface area contributed by atoms with Gasteiger partial charge in [-0.2, -0.15) is 0 Å². The van der Waals surface area contributed by atoms with Gasteiger partial charge in [-0.3, -0.25) is 4.79 Å². The summed E-state index contributed by atoms with van der Waals surface area (Å²) in [5.74, 6) is 2.12. The predicted molar refractivity (Wildman–Crippen MR) is 100 cm³/mol. The van der Waals surface area contributed by atoms with Gasteiger partial charge in [0.15, 0.2) is 0 Å². The van der Waals surface area contributed by atoms with Gasteiger partial charge in [-0.05, 0) is 81.8 Å². The lowest BCUT2D eigenvalue weighted by Crippen LogP contribution is -2.35. The van der Waals surface area contributed by atoms with Crippen molar-refractivity contribution in [1.29, 1.82) is 0 Å². The third-order valence-corrected chi connectivity index (χ3v) is 5.12. The minimum atomic E-state index is -0.251. The molecule has 25 heavy (non-hydrogen) atoms. The molecule has 0 spiro atoms. The molecule has 1 saturated heterocycles. The molecule has 1 aromatic carbocycles. The molecule has 0 radical (unpaired) electrons. The maximum atomic E-state index is 12.2. The number of benzene rings is 1. The van der Waals surface area contributed by atoms with Crippen molar-refractivity contribution in [3.8, 4) is 5.75 Å². The summed E-state index contributed by atoms with van der Waals surface area (Å²) in [6, 6.07) is 5.30. The molecular weight excluding hydrogens is 316 g/mol. The fraction of sp³-hybridized carbons (Fsp3) is 0.650. The van der Waals surface area contributed by atoms with Crippen LogP contribution < -0.4 is 15.4 Å². The van der Waals surface area contributed by atoms with Crippen LogP contribution in [0.15, 0.2) is 18.2 Å². The highest BCUT2D eigenvalue weighted by atomic mass is 16.5. The summed E-state index contributed by atoms with van der Waals surface area (Å²) in [5, 5.41) is 15.2. The average molecular weight is 348 g/mol. The van der Waals surface area contributed by atoms with E-state index in [1.54, 1.807) is 13.0 Å². The molecule has 1 aliphatic heterocycles. The quantitative estimate of drug-likeness (QED) is 0.675. The van der Waals surface area contributed by atoms with Crippen molar-refractivity contribution in [2.75, 3.05) is 26.3 Å². The van der Waals surface area contributed by atoms with Crippen LogP contribution >= 0.6 is 0 Å². The second kappa shape index (κ2) is 9.78. The summed E-state index contributed by atoms with van der Waals surface area (Å²) in [6.07, 6.45) is 3.58. The normalized spacial score (nSPS) is 17.8. The summed E-state index contributed by atoms with van der Waals surface area (Å²) in [6.45, 7) is 8.90. The van der Waals surface area contributed by atoms with Crippen molar-refractivity contribution in [3.63, 3.8) is 0 Å². The van der Waals surface area contributed by atoms with E-state index in [4.69, 9.17) is 9.84 Å². The van der Waals surface area contributed by atoms with Crippen LogP contribution in [-0.2, 0) is 0 Å². The Kier molecular flexibility index (Phi) is 7.72. The van der Waals surface area contributed by atoms with Gasteiger partial charge in [0.05, 0.1) is 13.2 Å². The first kappa shape index (κ1) is 19.7. The molecule has 0 aromatic heterocycles. The largest absolute Gasteiger partial charge is 0.494 e. The zero-order valence-corrected chi connectivity index (χ0v) is 15.7. The van der Waals surface area contributed by atoms with Crippen molar-refractivity contribution in [2.24, 2.45) is 11.8 Å². The second-order valence-corrected chi connectivity index (χ2v) is 7.24. The van der Waals surface area contributed by atoms with Gasteiger partial charge in [-0.1, -0.05) is 6.92 Å². The highest BCUT2D eigenvalue weighted by Gasteiger charge is 2.19. The van der Waals surface area contributed by atoms with E-state index in [0.717, 1.165) is 36.7 Å². The monoisotopic (exact) mass is 348 g/mol. The van der Waals surface area contributed by atoms with Crippen LogP contribution in [0.25, 0.3) is 0 Å². The first-order valence-electron chi connectivity index (χ1n) is 9.37. The maximum Gasteiger partial charge on any atom is 0.251 e. The zero-order chi connectivity index (χ0) is 18.2. The van der Waals surface area contributed by atoms with Crippen LogP contribution in [0, 0.1) is 18.8 Å². The number of amides is 1. The van der Waals surface area contributed by atoms with E-state index in [0.29, 0.717) is 18.1 Å². The Balaban J connectivity index is 1.82. The third kappa shape index (κ3) is 6.01. The molecular formula is C20H32N2O3. The number of hydrogen-bond donors (Lipinski definition) is 3. The molecule has 0 saturated carbocycles. The van der Waals surface area contributed by atoms with Crippen LogP contribution in [0.5, 0.6) is 5.75 Å². The number of aliphatic hydroxyl groups is 1. The van der Waals surface area contributed by atoms with Crippen molar-refractivity contribution in [1.82, 2.24) is 10.6 Å². The highest BCUT2D eigenvalue weighted by Crippen LogP contribution is 2.25. The smallest absolute Gasteiger partial charge is 0.251 e. The highest BCUT2D eigenvalue weighted by molar-refractivity contribution is 5.95. The standard InChI is InChI=1S/C20H32N2O3/c1-14(17-6-9-21-10-7-17)8-11-25-18-4-5-19(15(2)12-18)20(24)22-16(3)13-23/h4-5,12,14,16-17,21,23H,6-11,13H2,1-3H3,(H,22,24)/t14-,16-/m1/s1. The predicted octanol–water partition coefficient (Wildman–Crippen LogP) is 2.51. The fourth-order valence-corrected chi connectivity index (χ4v) is 3.34. The van der Waals surface area contributed by atoms with Crippen molar-refractivity contribution in [2.45, 2.75) is 46.1 Å². The molecule has 3 N–H and O–H groups in total. The Morgan fingerprint density at radius 3 is 2.72 bits per heavy atom. The number of piperidine rings is 1. The summed E-state index contributed by atoms with van der Waals surface area (Å²) in [7, 11) is 0. The molecule has 2 atom stereocenters. The zero-order valence-electron chi connectivity index (χ0n) is 15.7. The Labute approximate surface area is 151 Å². The number of carbonyl (C=O) groups is 1. The molecule has 0 aliphatic carbocycles. The number of rotatable bonds is 8. The van der Waals surface area contributed by atoms with Gasteiger partial charge in [-0.25, -0.2) is 0 Å². The van der Waals surface area contributed by atoms with E-state index in [2.05, 4.69) is 17.6 Å². The molecule has 1 heterocycles. The average Bonchev–Trinajstić information content (AvgIpc) is 2.62. The molecule has 1 aromatic rings. The van der Waals surface area contributed by atoms with Gasteiger partial charge in [0.2, 0.25) is 0 Å². The molecule has 140 valence electrons. The van der Waals surface area contributed by atoms with Crippen LogP contribution in [0.3, 0.4) is 0 Å². The van der Waals surface area contributed by atoms with Crippen LogP contribution in [0.2, 0.25) is 0 Å². The molecule has 0 bridgehead atoms. The number of nitrogens with one attached hydrogen (secondary N) is 2. The van der Waals surface area contributed by atoms with E-state index >= 15 is 0 Å². The number of hydrogen-bond acceptors (Lipinski definition) is 4. The van der Waals surface area contributed by atoms with Gasteiger partial charge in [0.1, 0.15) is 5.75 Å². The Morgan fingerprint density at radius 2 is 2.08 bits per heavy atom. The van der Waals surface area contributed by atoms with Crippen molar-refractivity contribution in [3.05, 3.63) is 29.3 Å². The first-order chi connectivity index (χ1) is 12.0. The van der Waals surface area contributed by atoms with Gasteiger partial charge in [0, 0.05) is 11.6 Å². The molecule has 1 amide bonds. The Bertz CT molecular complexity index is 556. The Hall–Kier alpha value is -1.59. The summed E-state index contributed by atoms with van der Waals surface area (Å²) in [5.41, 5.74) is 1.50. The number of aryl methyl sites for hydroxylation is 1. The minimum absolute atomic E-state index is 0.0682. The topological polar surface area (TPSA) is 70.6 Å². The molecule has 1 fully saturated rings. The first-order valence-corrected chi connectivity index (χ1v) is 9.37. The van der Waals surface area contributed by atoms with Crippen LogP contribution in [0.4, 0.5) is 0 Å². The third-order valence-electron chi connectivity index (χ3n) is 5.12. The molecule has 5 heteroatoms. The minimum Gasteiger partial charge on any atom is -0.494 e. The number of carbonyl (C=O) groups excluding carboxylic acids is 1. The van der Waals surface area contributed by atoms with E-state index in [-0.39, 0.29) is 18.6 Å². The molecule has 0 unspecified atom stereocenters. The van der Waals surface area contributed by atoms with E-state index < -0.39 is 0 Å². The van der Waals surface area contributed by atoms with E-state index in [1.807, 2.05) is 19.1 Å². The lowest BCUT2D eigenvalue weighted by molar-refractivity contribution is 0.0921. The summed E-state index contributed by atoms with van der Waals surface area (Å²) >= 11 is 0. The van der Waals surface area contributed by atoms with E-state index in [1.165, 1.54) is 12.8 Å². The van der Waals surface area contributed by atoms with E-state index in [9.17, 15) is 4.79 Å². The SMILES string of the molecule is Cc1cc(OCC[C@@H](C)C2CCNCC2)ccc1C(=O)N[C@H](C)CO. The van der Waals surface area contributed by atoms with Gasteiger partial charge in [-0.15, -0.1) is 0 Å². The lowest BCUT2D eigenvalue weighted by Gasteiger charge is -2.28. The van der Waals surface area contributed by atoms with Gasteiger partial charge < -0.3 is 20.5 Å². The van der Waals surface area contributed by atoms with Gasteiger partial charge in [0.25, 0.3) is 5.91 Å². The summed E-state index contributed by atoms with van der Waals surface area (Å²) < 4.78 is 5.90. The Morgan fingerprint density at radius 1 is 1.36 bits per heavy atom. The molecule has 5 nitrogen and oxygen atoms in total. The van der Waals surface area contributed by atoms with Crippen molar-refractivity contribution < 1.29 is 14.6 Å². The number of aliphatic hydroxyl groups excluding tert-OH is 1. The fourth-order valence-electron chi connectivity index (χ4n) is 3.34. The lowest BCUT2D eigenvalue weighted by atomic mass is 9.84. The second-order valence-electron chi connectivity index (χ2n) is 7.24. The summed E-state index contributed by atoms with van der Waals surface area (Å²) in [4.78, 5) is 12.2. The van der Waals surface area contributed by atoms with Crippen molar-refractivity contribution >= 4 is 5.91 Å². The molecule has 1 aliphatic rings. The maximum absolute atomic E-state index is 12.2. The van der Waals surface area contributed by atoms with Crippen LogP contribution in [-0.4, -0.2) is 43.4 Å². The van der Waals surface area contributed by atoms with Gasteiger partial charge >= 0.3 is 0 Å².